The van der Waals surface area contributed by atoms with Crippen molar-refractivity contribution in [3.05, 3.63) is 0 Å². The zero-order chi connectivity index (χ0) is 16.2. The predicted octanol–water partition coefficient (Wildman–Crippen LogP) is 6.95. The maximum absolute atomic E-state index is 6.61. The number of ether oxygens (including phenoxy) is 2. The lowest BCUT2D eigenvalue weighted by atomic mass is 10.5. The summed E-state index contributed by atoms with van der Waals surface area (Å²) in [5, 5.41) is 0. The first-order valence-electron chi connectivity index (χ1n) is 8.68. The van der Waals surface area contributed by atoms with Gasteiger partial charge in [-0.15, -0.1) is 0 Å². The van der Waals surface area contributed by atoms with Crippen LogP contribution < -0.4 is 0 Å². The van der Waals surface area contributed by atoms with Crippen LogP contribution >= 0.6 is 0 Å². The average Bonchev–Trinajstić information content (AvgIpc) is 2.36. The molecule has 0 atom stereocenters. The van der Waals surface area contributed by atoms with Crippen LogP contribution in [0.2, 0.25) is 38.3 Å². The van der Waals surface area contributed by atoms with Crippen molar-refractivity contribution < 1.29 is 13.6 Å². The molecule has 0 fully saturated rings. The maximum atomic E-state index is 6.61. The Hall–Kier alpha value is 0.314. The molecule has 0 aromatic rings. The van der Waals surface area contributed by atoms with Crippen LogP contribution in [0, 0.1) is 0 Å². The fraction of sp³-hybridized carbons (Fsp3) is 1.00. The summed E-state index contributed by atoms with van der Waals surface area (Å²) in [6, 6.07) is 2.42. The van der Waals surface area contributed by atoms with Crippen molar-refractivity contribution in [2.24, 2.45) is 0 Å². The number of rotatable bonds is 14. The molecule has 0 aliphatic carbocycles. The van der Waals surface area contributed by atoms with Crippen LogP contribution in [0.1, 0.15) is 61.8 Å². The van der Waals surface area contributed by atoms with Gasteiger partial charge in [0.15, 0.2) is 16.6 Å². The van der Waals surface area contributed by atoms with Crippen molar-refractivity contribution in [3.8, 4) is 0 Å². The molecule has 0 aliphatic rings. The second-order valence-electron chi connectivity index (χ2n) is 7.05. The van der Waals surface area contributed by atoms with E-state index in [1.54, 1.807) is 0 Å². The van der Waals surface area contributed by atoms with Crippen molar-refractivity contribution >= 4 is 16.6 Å². The third kappa shape index (κ3) is 20.4. The molecule has 24 heavy (non-hydrogen) atoms. The smallest absolute Gasteiger partial charge is 0.173 e. The Balaban J connectivity index is -0.000000667. The summed E-state index contributed by atoms with van der Waals surface area (Å²) < 4.78 is 17.7. The topological polar surface area (TPSA) is 27.7 Å². The maximum Gasteiger partial charge on any atom is 0.173 e. The molecule has 0 heterocycles. The van der Waals surface area contributed by atoms with Gasteiger partial charge in [0, 0.05) is 26.4 Å². The first-order chi connectivity index (χ1) is 9.83. The molecule has 0 saturated heterocycles. The first-order valence-corrected chi connectivity index (χ1v) is 14.9. The van der Waals surface area contributed by atoms with Crippen LogP contribution in [0.5, 0.6) is 0 Å². The van der Waals surface area contributed by atoms with E-state index in [1.807, 2.05) is 0 Å². The monoisotopic (exact) mass is 382 g/mol. The Labute approximate surface area is 157 Å². The molecule has 0 amide bonds. The van der Waals surface area contributed by atoms with E-state index in [-0.39, 0.29) is 22.3 Å². The van der Waals surface area contributed by atoms with Gasteiger partial charge in [0.1, 0.15) is 0 Å². The highest BCUT2D eigenvalue weighted by molar-refractivity contribution is 6.84. The number of hydrogen-bond donors (Lipinski definition) is 0. The van der Waals surface area contributed by atoms with E-state index in [0.717, 1.165) is 52.1 Å². The lowest BCUT2D eigenvalue weighted by molar-refractivity contribution is 0.134. The van der Waals surface area contributed by atoms with Gasteiger partial charge < -0.3 is 13.6 Å². The summed E-state index contributed by atoms with van der Waals surface area (Å²) in [6.07, 6.45) is 4.50. The summed E-state index contributed by atoms with van der Waals surface area (Å²) in [5.41, 5.74) is 0. The highest BCUT2D eigenvalue weighted by Crippen LogP contribution is 2.23. The van der Waals surface area contributed by atoms with E-state index in [9.17, 15) is 0 Å². The Morgan fingerprint density at radius 2 is 0.917 bits per heavy atom. The van der Waals surface area contributed by atoms with Crippen LogP contribution in [-0.4, -0.2) is 43.1 Å². The van der Waals surface area contributed by atoms with Crippen LogP contribution in [0.3, 0.4) is 0 Å². The highest BCUT2D eigenvalue weighted by Gasteiger charge is 2.32. The van der Waals surface area contributed by atoms with E-state index >= 15 is 0 Å². The summed E-state index contributed by atoms with van der Waals surface area (Å²) in [7, 11) is -3.07. The molecular weight excluding hydrogens is 332 g/mol. The molecule has 0 unspecified atom stereocenters. The van der Waals surface area contributed by atoms with Gasteiger partial charge in [-0.3, -0.25) is 0 Å². The third-order valence-corrected chi connectivity index (χ3v) is 10.9. The van der Waals surface area contributed by atoms with Gasteiger partial charge in [-0.25, -0.2) is 0 Å². The summed E-state index contributed by atoms with van der Waals surface area (Å²) in [5.74, 6) is 0. The van der Waals surface area contributed by atoms with Gasteiger partial charge in [-0.1, -0.05) is 36.1 Å². The Kier molecular flexibility index (Phi) is 24.2. The SMILES string of the molecule is C.C.C.CCCOCCC[Si](C)(C)O[Si](C)(C)CCCOCCC. The minimum atomic E-state index is -1.53. The normalized spacial score (nSPS) is 11.2. The van der Waals surface area contributed by atoms with Crippen molar-refractivity contribution in [2.45, 2.75) is 100 Å². The van der Waals surface area contributed by atoms with Gasteiger partial charge >= 0.3 is 0 Å². The standard InChI is InChI=1S/C16H38O3Si2.3CH4/c1-7-11-17-13-9-15-20(3,4)19-21(5,6)16-10-14-18-12-8-2;;;/h7-16H2,1-6H3;3*1H4. The van der Waals surface area contributed by atoms with E-state index in [1.165, 1.54) is 12.1 Å². The summed E-state index contributed by atoms with van der Waals surface area (Å²) >= 11 is 0. The predicted molar refractivity (Wildman–Crippen MR) is 117 cm³/mol. The van der Waals surface area contributed by atoms with Gasteiger partial charge in [0.2, 0.25) is 0 Å². The minimum Gasteiger partial charge on any atom is -0.455 e. The van der Waals surface area contributed by atoms with E-state index in [2.05, 4.69) is 40.0 Å². The molecule has 3 nitrogen and oxygen atoms in total. The molecule has 0 spiro atoms. The fourth-order valence-corrected chi connectivity index (χ4v) is 11.3. The van der Waals surface area contributed by atoms with Crippen molar-refractivity contribution in [1.82, 2.24) is 0 Å². The Bertz CT molecular complexity index is 223. The van der Waals surface area contributed by atoms with Crippen molar-refractivity contribution in [1.29, 1.82) is 0 Å². The molecule has 0 aromatic heterocycles. The lowest BCUT2D eigenvalue weighted by Gasteiger charge is -2.34. The average molecular weight is 383 g/mol. The van der Waals surface area contributed by atoms with Gasteiger partial charge in [-0.05, 0) is 64.0 Å². The van der Waals surface area contributed by atoms with Crippen molar-refractivity contribution in [2.75, 3.05) is 26.4 Å². The zero-order valence-corrected chi connectivity index (χ0v) is 17.3. The number of hydrogen-bond acceptors (Lipinski definition) is 3. The first kappa shape index (κ1) is 32.0. The fourth-order valence-electron chi connectivity index (χ4n) is 2.54. The molecule has 0 aliphatic heterocycles. The lowest BCUT2D eigenvalue weighted by Crippen LogP contribution is -2.44. The second kappa shape index (κ2) is 18.1. The molecule has 0 bridgehead atoms. The quantitative estimate of drug-likeness (QED) is 0.240. The van der Waals surface area contributed by atoms with Gasteiger partial charge in [-0.2, -0.15) is 0 Å². The molecule has 5 heteroatoms. The highest BCUT2D eigenvalue weighted by atomic mass is 28.4. The van der Waals surface area contributed by atoms with Crippen molar-refractivity contribution in [3.63, 3.8) is 0 Å². The Morgan fingerprint density at radius 1 is 0.583 bits per heavy atom. The van der Waals surface area contributed by atoms with Gasteiger partial charge in [0.05, 0.1) is 0 Å². The summed E-state index contributed by atoms with van der Waals surface area (Å²) in [4.78, 5) is 0. The molecule has 0 radical (unpaired) electrons. The molecular formula is C19H50O3Si2. The van der Waals surface area contributed by atoms with Crippen LogP contribution in [0.4, 0.5) is 0 Å². The van der Waals surface area contributed by atoms with E-state index in [4.69, 9.17) is 13.6 Å². The molecule has 0 aromatic carbocycles. The third-order valence-electron chi connectivity index (χ3n) is 3.38. The van der Waals surface area contributed by atoms with Crippen LogP contribution in [0.15, 0.2) is 0 Å². The molecule has 152 valence electrons. The largest absolute Gasteiger partial charge is 0.455 e. The van der Waals surface area contributed by atoms with Crippen LogP contribution in [0.25, 0.3) is 0 Å². The second-order valence-corrected chi connectivity index (χ2v) is 15.9. The molecule has 0 N–H and O–H groups in total. The summed E-state index contributed by atoms with van der Waals surface area (Å²) in [6.45, 7) is 17.3. The molecule has 0 rings (SSSR count). The van der Waals surface area contributed by atoms with E-state index < -0.39 is 16.6 Å². The minimum absolute atomic E-state index is 0. The Morgan fingerprint density at radius 3 is 1.21 bits per heavy atom. The van der Waals surface area contributed by atoms with Crippen LogP contribution in [-0.2, 0) is 13.6 Å². The van der Waals surface area contributed by atoms with Gasteiger partial charge in [0.25, 0.3) is 0 Å². The zero-order valence-electron chi connectivity index (χ0n) is 15.3. The molecule has 0 saturated carbocycles. The van der Waals surface area contributed by atoms with E-state index in [0.29, 0.717) is 0 Å².